The molecular weight excluding hydrogens is 449 g/mol. The van der Waals surface area contributed by atoms with Crippen LogP contribution >= 0.6 is 0 Å². The predicted molar refractivity (Wildman–Crippen MR) is 132 cm³/mol. The van der Waals surface area contributed by atoms with Crippen LogP contribution < -0.4 is 20.1 Å². The van der Waals surface area contributed by atoms with Gasteiger partial charge in [0.2, 0.25) is 0 Å². The Hall–Kier alpha value is -3.59. The molecule has 0 aliphatic carbocycles. The molecule has 0 spiro atoms. The maximum Gasteiger partial charge on any atom is 0.255 e. The summed E-state index contributed by atoms with van der Waals surface area (Å²) in [6, 6.07) is 6.54. The maximum absolute atomic E-state index is 14.5. The summed E-state index contributed by atoms with van der Waals surface area (Å²) in [5, 5.41) is 6.36. The molecule has 2 bridgehead atoms. The number of ether oxygens (including phenoxy) is 2. The van der Waals surface area contributed by atoms with Crippen molar-refractivity contribution in [2.45, 2.75) is 25.2 Å². The fourth-order valence-corrected chi connectivity index (χ4v) is 4.89. The molecule has 1 atom stereocenters. The van der Waals surface area contributed by atoms with Gasteiger partial charge in [-0.2, -0.15) is 0 Å². The molecule has 0 radical (unpaired) electrons. The normalized spacial score (nSPS) is 18.6. The highest BCUT2D eigenvalue weighted by Crippen LogP contribution is 2.44. The molecular formula is C26H30FN5O3. The Bertz CT molecular complexity index is 1230. The molecule has 1 aromatic carbocycles. The number of halogens is 1. The van der Waals surface area contributed by atoms with Gasteiger partial charge in [0.1, 0.15) is 12.4 Å². The number of para-hydroxylation sites is 1. The first-order valence-corrected chi connectivity index (χ1v) is 12.0. The van der Waals surface area contributed by atoms with E-state index in [1.54, 1.807) is 24.5 Å². The molecule has 1 unspecified atom stereocenters. The standard InChI is InChI=1S/C26H30FN5O3/c1-32-11-4-3-6-16-14-29-26(33)21-22(16)31-23(17-9-10-28-15-20(17)35-13-12-32)24(21)30-19-8-5-7-18(27)25(19)34-2/h5,7-10,15-16,30-31H,3-4,6,11-14H2,1-2H3,(H,29,33). The zero-order valence-corrected chi connectivity index (χ0v) is 20.0. The number of rotatable bonds is 3. The molecule has 0 saturated heterocycles. The van der Waals surface area contributed by atoms with Crippen molar-refractivity contribution in [1.29, 1.82) is 0 Å². The van der Waals surface area contributed by atoms with E-state index < -0.39 is 5.82 Å². The van der Waals surface area contributed by atoms with Crippen molar-refractivity contribution in [3.05, 3.63) is 53.7 Å². The number of methoxy groups -OCH3 is 1. The van der Waals surface area contributed by atoms with Gasteiger partial charge in [-0.15, -0.1) is 0 Å². The molecule has 1 amide bonds. The fraction of sp³-hybridized carbons (Fsp3) is 0.385. The van der Waals surface area contributed by atoms with Crippen LogP contribution in [0.3, 0.4) is 0 Å². The van der Waals surface area contributed by atoms with Crippen LogP contribution in [0.2, 0.25) is 0 Å². The van der Waals surface area contributed by atoms with Crippen LogP contribution in [0.1, 0.15) is 41.2 Å². The van der Waals surface area contributed by atoms with Crippen LogP contribution in [0.25, 0.3) is 11.3 Å². The van der Waals surface area contributed by atoms with Crippen molar-refractivity contribution in [2.75, 3.05) is 45.7 Å². The number of pyridine rings is 1. The van der Waals surface area contributed by atoms with Crippen molar-refractivity contribution in [2.24, 2.45) is 0 Å². The minimum Gasteiger partial charge on any atom is -0.492 e. The summed E-state index contributed by atoms with van der Waals surface area (Å²) in [6.45, 7) is 2.87. The van der Waals surface area contributed by atoms with Crippen LogP contribution in [-0.2, 0) is 0 Å². The molecule has 184 valence electrons. The van der Waals surface area contributed by atoms with Gasteiger partial charge in [-0.05, 0) is 44.6 Å². The zero-order valence-electron chi connectivity index (χ0n) is 20.0. The average Bonchev–Trinajstić information content (AvgIpc) is 3.23. The highest BCUT2D eigenvalue weighted by atomic mass is 19.1. The summed E-state index contributed by atoms with van der Waals surface area (Å²) >= 11 is 0. The SMILES string of the molecule is COc1c(F)cccc1Nc1c2[nH]c3c1C(=O)NCC3CCCCN(C)CCOc1cnccc1-2. The van der Waals surface area contributed by atoms with Crippen LogP contribution in [0.15, 0.2) is 36.7 Å². The topological polar surface area (TPSA) is 91.5 Å². The number of nitrogens with one attached hydrogen (secondary N) is 3. The summed E-state index contributed by atoms with van der Waals surface area (Å²) in [5.74, 6) is 0.188. The molecule has 2 aliphatic heterocycles. The highest BCUT2D eigenvalue weighted by molar-refractivity contribution is 6.07. The lowest BCUT2D eigenvalue weighted by Crippen LogP contribution is -2.35. The molecule has 35 heavy (non-hydrogen) atoms. The summed E-state index contributed by atoms with van der Waals surface area (Å²) in [4.78, 5) is 23.2. The minimum absolute atomic E-state index is 0.0845. The Morgan fingerprint density at radius 3 is 3.00 bits per heavy atom. The molecule has 3 aromatic rings. The highest BCUT2D eigenvalue weighted by Gasteiger charge is 2.33. The molecule has 5 rings (SSSR count). The van der Waals surface area contributed by atoms with Crippen LogP contribution in [-0.4, -0.2) is 61.2 Å². The number of likely N-dealkylation sites (N-methyl/N-ethyl adjacent to an activating group) is 1. The monoisotopic (exact) mass is 479 g/mol. The van der Waals surface area contributed by atoms with Crippen molar-refractivity contribution in [1.82, 2.24) is 20.2 Å². The molecule has 2 aromatic heterocycles. The van der Waals surface area contributed by atoms with Crippen LogP contribution in [0.4, 0.5) is 15.8 Å². The van der Waals surface area contributed by atoms with Gasteiger partial charge in [0.15, 0.2) is 11.6 Å². The van der Waals surface area contributed by atoms with Crippen LogP contribution in [0, 0.1) is 5.82 Å². The summed E-state index contributed by atoms with van der Waals surface area (Å²) < 4.78 is 25.9. The van der Waals surface area contributed by atoms with E-state index >= 15 is 0 Å². The Morgan fingerprint density at radius 2 is 2.14 bits per heavy atom. The van der Waals surface area contributed by atoms with E-state index in [0.717, 1.165) is 43.6 Å². The van der Waals surface area contributed by atoms with E-state index in [9.17, 15) is 9.18 Å². The number of amides is 1. The number of anilines is 2. The second-order valence-electron chi connectivity index (χ2n) is 9.04. The maximum atomic E-state index is 14.5. The number of benzene rings is 1. The second-order valence-corrected chi connectivity index (χ2v) is 9.04. The molecule has 8 nitrogen and oxygen atoms in total. The van der Waals surface area contributed by atoms with Gasteiger partial charge < -0.3 is 30.0 Å². The quantitative estimate of drug-likeness (QED) is 0.519. The first kappa shape index (κ1) is 23.2. The van der Waals surface area contributed by atoms with E-state index in [0.29, 0.717) is 41.5 Å². The second kappa shape index (κ2) is 9.95. The van der Waals surface area contributed by atoms with Gasteiger partial charge in [0.25, 0.3) is 5.91 Å². The van der Waals surface area contributed by atoms with E-state index in [1.165, 1.54) is 13.2 Å². The van der Waals surface area contributed by atoms with E-state index in [-0.39, 0.29) is 17.6 Å². The molecule has 3 N–H and O–H groups in total. The number of carbonyl (C=O) groups is 1. The molecule has 9 heteroatoms. The van der Waals surface area contributed by atoms with Crippen molar-refractivity contribution < 1.29 is 18.7 Å². The van der Waals surface area contributed by atoms with Gasteiger partial charge in [-0.1, -0.05) is 12.5 Å². The average molecular weight is 480 g/mol. The summed E-state index contributed by atoms with van der Waals surface area (Å²) in [7, 11) is 3.52. The first-order valence-electron chi connectivity index (χ1n) is 12.0. The number of hydrogen-bond acceptors (Lipinski definition) is 6. The van der Waals surface area contributed by atoms with Gasteiger partial charge in [-0.25, -0.2) is 4.39 Å². The summed E-state index contributed by atoms with van der Waals surface area (Å²) in [6.07, 6.45) is 6.43. The predicted octanol–water partition coefficient (Wildman–Crippen LogP) is 4.29. The zero-order chi connectivity index (χ0) is 24.4. The lowest BCUT2D eigenvalue weighted by atomic mass is 9.91. The molecule has 0 fully saturated rings. The Morgan fingerprint density at radius 1 is 1.26 bits per heavy atom. The smallest absolute Gasteiger partial charge is 0.255 e. The Labute approximate surface area is 203 Å². The third kappa shape index (κ3) is 4.55. The van der Waals surface area contributed by atoms with Gasteiger partial charge in [0.05, 0.1) is 35.9 Å². The number of aromatic nitrogens is 2. The number of hydrogen-bond donors (Lipinski definition) is 3. The van der Waals surface area contributed by atoms with Gasteiger partial charge in [-0.3, -0.25) is 9.78 Å². The van der Waals surface area contributed by atoms with E-state index in [4.69, 9.17) is 9.47 Å². The number of nitrogens with zero attached hydrogens (tertiary/aromatic N) is 2. The fourth-order valence-electron chi connectivity index (χ4n) is 4.89. The summed E-state index contributed by atoms with van der Waals surface area (Å²) in [5.41, 5.74) is 3.90. The molecule has 0 saturated carbocycles. The van der Waals surface area contributed by atoms with Crippen molar-refractivity contribution >= 4 is 17.3 Å². The Kier molecular flexibility index (Phi) is 6.59. The van der Waals surface area contributed by atoms with Crippen LogP contribution in [0.5, 0.6) is 11.5 Å². The number of H-pyrrole nitrogens is 1. The third-order valence-electron chi connectivity index (χ3n) is 6.73. The lowest BCUT2D eigenvalue weighted by Gasteiger charge is -2.24. The molecule has 4 heterocycles. The first-order chi connectivity index (χ1) is 17.1. The molecule has 2 aliphatic rings. The number of carbonyl (C=O) groups excluding carboxylic acids is 1. The van der Waals surface area contributed by atoms with Crippen molar-refractivity contribution in [3.63, 3.8) is 0 Å². The largest absolute Gasteiger partial charge is 0.492 e. The van der Waals surface area contributed by atoms with E-state index in [1.807, 2.05) is 6.07 Å². The van der Waals surface area contributed by atoms with Gasteiger partial charge >= 0.3 is 0 Å². The van der Waals surface area contributed by atoms with Crippen molar-refractivity contribution in [3.8, 4) is 22.8 Å². The Balaban J connectivity index is 1.68. The van der Waals surface area contributed by atoms with Gasteiger partial charge in [0, 0.05) is 36.5 Å². The minimum atomic E-state index is -0.485. The third-order valence-corrected chi connectivity index (χ3v) is 6.73. The lowest BCUT2D eigenvalue weighted by molar-refractivity contribution is 0.0939. The van der Waals surface area contributed by atoms with E-state index in [2.05, 4.69) is 32.5 Å². The number of aromatic amines is 1. The number of fused-ring (bicyclic) bond motifs is 3.